The molecule has 108 valence electrons. The summed E-state index contributed by atoms with van der Waals surface area (Å²) in [5.74, 6) is 0.939. The highest BCUT2D eigenvalue weighted by Crippen LogP contribution is 2.27. The topological polar surface area (TPSA) is 50.8 Å². The van der Waals surface area contributed by atoms with Crippen molar-refractivity contribution in [1.82, 2.24) is 10.2 Å². The van der Waals surface area contributed by atoms with Crippen LogP contribution in [0, 0.1) is 0 Å². The Bertz CT molecular complexity index is 486. The van der Waals surface area contributed by atoms with Gasteiger partial charge in [0.15, 0.2) is 0 Å². The highest BCUT2D eigenvalue weighted by Gasteiger charge is 2.34. The zero-order valence-electron chi connectivity index (χ0n) is 11.7. The normalized spacial score (nSPS) is 26.2. The molecule has 1 aromatic carbocycles. The van der Waals surface area contributed by atoms with Crippen molar-refractivity contribution >= 4 is 5.91 Å². The van der Waals surface area contributed by atoms with Gasteiger partial charge < -0.3 is 14.4 Å². The Morgan fingerprint density at radius 1 is 1.50 bits per heavy atom. The molecule has 0 bridgehead atoms. The molecule has 1 aromatic rings. The van der Waals surface area contributed by atoms with Gasteiger partial charge in [-0.1, -0.05) is 12.1 Å². The number of nitrogens with one attached hydrogen (secondary N) is 1. The molecule has 0 saturated carbocycles. The maximum absolute atomic E-state index is 12.1. The number of carbonyl (C=O) groups is 1. The molecule has 3 rings (SSSR count). The fourth-order valence-electron chi connectivity index (χ4n) is 2.86. The van der Waals surface area contributed by atoms with Gasteiger partial charge in [0.1, 0.15) is 11.9 Å². The molecule has 2 saturated heterocycles. The molecule has 0 spiro atoms. The van der Waals surface area contributed by atoms with E-state index in [9.17, 15) is 4.79 Å². The summed E-state index contributed by atoms with van der Waals surface area (Å²) < 4.78 is 10.9. The molecular formula is C15H20N2O3. The SMILES string of the molecule is COc1cccc(C2NCC(=O)N2CC2CCCO2)c1. The first-order valence-corrected chi connectivity index (χ1v) is 7.06. The highest BCUT2D eigenvalue weighted by atomic mass is 16.5. The van der Waals surface area contributed by atoms with Crippen LogP contribution in [-0.4, -0.2) is 43.7 Å². The van der Waals surface area contributed by atoms with Crippen LogP contribution in [0.25, 0.3) is 0 Å². The molecule has 5 nitrogen and oxygen atoms in total. The van der Waals surface area contributed by atoms with Crippen molar-refractivity contribution in [2.24, 2.45) is 0 Å². The average Bonchev–Trinajstić information content (AvgIpc) is 3.11. The van der Waals surface area contributed by atoms with E-state index in [4.69, 9.17) is 9.47 Å². The molecule has 5 heteroatoms. The van der Waals surface area contributed by atoms with Gasteiger partial charge in [-0.05, 0) is 30.5 Å². The van der Waals surface area contributed by atoms with E-state index in [1.165, 1.54) is 0 Å². The van der Waals surface area contributed by atoms with Crippen LogP contribution in [0.4, 0.5) is 0 Å². The van der Waals surface area contributed by atoms with Crippen molar-refractivity contribution in [3.8, 4) is 5.75 Å². The largest absolute Gasteiger partial charge is 0.497 e. The first kappa shape index (κ1) is 13.4. The predicted octanol–water partition coefficient (Wildman–Crippen LogP) is 1.30. The summed E-state index contributed by atoms with van der Waals surface area (Å²) in [4.78, 5) is 14.0. The number of nitrogens with zero attached hydrogens (tertiary/aromatic N) is 1. The molecule has 2 unspecified atom stereocenters. The van der Waals surface area contributed by atoms with Crippen LogP contribution in [0.3, 0.4) is 0 Å². The van der Waals surface area contributed by atoms with Crippen LogP contribution in [0.1, 0.15) is 24.6 Å². The number of hydrogen-bond acceptors (Lipinski definition) is 4. The van der Waals surface area contributed by atoms with E-state index in [0.717, 1.165) is 30.8 Å². The summed E-state index contributed by atoms with van der Waals surface area (Å²) >= 11 is 0. The standard InChI is InChI=1S/C15H20N2O3/c1-19-12-5-2-4-11(8-12)15-16-9-14(18)17(15)10-13-6-3-7-20-13/h2,4-5,8,13,15-16H,3,6-7,9-10H2,1H3. The second-order valence-electron chi connectivity index (χ2n) is 5.24. The lowest BCUT2D eigenvalue weighted by Crippen LogP contribution is -2.36. The van der Waals surface area contributed by atoms with Gasteiger partial charge in [-0.15, -0.1) is 0 Å². The van der Waals surface area contributed by atoms with Crippen LogP contribution < -0.4 is 10.1 Å². The third-order valence-corrected chi connectivity index (χ3v) is 3.91. The monoisotopic (exact) mass is 276 g/mol. The minimum absolute atomic E-state index is 0.0817. The van der Waals surface area contributed by atoms with E-state index in [-0.39, 0.29) is 18.2 Å². The smallest absolute Gasteiger partial charge is 0.238 e. The van der Waals surface area contributed by atoms with Crippen LogP contribution in [-0.2, 0) is 9.53 Å². The van der Waals surface area contributed by atoms with E-state index in [0.29, 0.717) is 13.1 Å². The van der Waals surface area contributed by atoms with Gasteiger partial charge in [-0.25, -0.2) is 0 Å². The van der Waals surface area contributed by atoms with E-state index in [2.05, 4.69) is 5.32 Å². The molecule has 2 atom stereocenters. The van der Waals surface area contributed by atoms with Gasteiger partial charge in [-0.2, -0.15) is 0 Å². The minimum Gasteiger partial charge on any atom is -0.497 e. The lowest BCUT2D eigenvalue weighted by Gasteiger charge is -2.27. The van der Waals surface area contributed by atoms with E-state index in [1.54, 1.807) is 7.11 Å². The molecule has 1 N–H and O–H groups in total. The zero-order valence-corrected chi connectivity index (χ0v) is 11.7. The Labute approximate surface area is 118 Å². The van der Waals surface area contributed by atoms with Gasteiger partial charge in [0.2, 0.25) is 5.91 Å². The number of methoxy groups -OCH3 is 1. The number of hydrogen-bond donors (Lipinski definition) is 1. The van der Waals surface area contributed by atoms with E-state index >= 15 is 0 Å². The predicted molar refractivity (Wildman–Crippen MR) is 74.4 cm³/mol. The second kappa shape index (κ2) is 5.81. The molecule has 0 radical (unpaired) electrons. The second-order valence-corrected chi connectivity index (χ2v) is 5.24. The van der Waals surface area contributed by atoms with Crippen molar-refractivity contribution in [2.45, 2.75) is 25.1 Å². The molecular weight excluding hydrogens is 256 g/mol. The lowest BCUT2D eigenvalue weighted by molar-refractivity contribution is -0.129. The molecule has 1 amide bonds. The van der Waals surface area contributed by atoms with Crippen LogP contribution >= 0.6 is 0 Å². The Hall–Kier alpha value is -1.59. The number of benzene rings is 1. The Balaban J connectivity index is 1.77. The molecule has 2 heterocycles. The Morgan fingerprint density at radius 2 is 2.40 bits per heavy atom. The van der Waals surface area contributed by atoms with Crippen molar-refractivity contribution < 1.29 is 14.3 Å². The molecule has 0 aromatic heterocycles. The van der Waals surface area contributed by atoms with Gasteiger partial charge in [0.05, 0.1) is 19.8 Å². The number of ether oxygens (including phenoxy) is 2. The quantitative estimate of drug-likeness (QED) is 0.900. The summed E-state index contributed by atoms with van der Waals surface area (Å²) in [6.45, 7) is 1.85. The maximum Gasteiger partial charge on any atom is 0.238 e. The summed E-state index contributed by atoms with van der Waals surface area (Å²) in [6.07, 6.45) is 2.22. The molecule has 20 heavy (non-hydrogen) atoms. The summed E-state index contributed by atoms with van der Waals surface area (Å²) in [5, 5.41) is 3.26. The summed E-state index contributed by atoms with van der Waals surface area (Å²) in [7, 11) is 1.65. The molecule has 0 aliphatic carbocycles. The van der Waals surface area contributed by atoms with Gasteiger partial charge in [0, 0.05) is 13.2 Å². The van der Waals surface area contributed by atoms with Crippen molar-refractivity contribution in [3.63, 3.8) is 0 Å². The van der Waals surface area contributed by atoms with Crippen LogP contribution in [0.15, 0.2) is 24.3 Å². The lowest BCUT2D eigenvalue weighted by atomic mass is 10.1. The third-order valence-electron chi connectivity index (χ3n) is 3.91. The summed E-state index contributed by atoms with van der Waals surface area (Å²) in [5.41, 5.74) is 1.05. The van der Waals surface area contributed by atoms with Crippen molar-refractivity contribution in [1.29, 1.82) is 0 Å². The average molecular weight is 276 g/mol. The van der Waals surface area contributed by atoms with Crippen LogP contribution in [0.2, 0.25) is 0 Å². The zero-order chi connectivity index (χ0) is 13.9. The van der Waals surface area contributed by atoms with Crippen molar-refractivity contribution in [3.05, 3.63) is 29.8 Å². The maximum atomic E-state index is 12.1. The fourth-order valence-corrected chi connectivity index (χ4v) is 2.86. The van der Waals surface area contributed by atoms with Crippen LogP contribution in [0.5, 0.6) is 5.75 Å². The molecule has 2 fully saturated rings. The fraction of sp³-hybridized carbons (Fsp3) is 0.533. The first-order valence-electron chi connectivity index (χ1n) is 7.06. The molecule has 2 aliphatic heterocycles. The minimum atomic E-state index is -0.0817. The van der Waals surface area contributed by atoms with E-state index in [1.807, 2.05) is 29.2 Å². The Morgan fingerprint density at radius 3 is 3.15 bits per heavy atom. The van der Waals surface area contributed by atoms with Gasteiger partial charge in [-0.3, -0.25) is 10.1 Å². The number of amides is 1. The Kier molecular flexibility index (Phi) is 3.89. The highest BCUT2D eigenvalue weighted by molar-refractivity contribution is 5.81. The number of carbonyl (C=O) groups excluding carboxylic acids is 1. The van der Waals surface area contributed by atoms with Gasteiger partial charge >= 0.3 is 0 Å². The third kappa shape index (κ3) is 2.64. The summed E-state index contributed by atoms with van der Waals surface area (Å²) in [6, 6.07) is 7.84. The molecule has 2 aliphatic rings. The van der Waals surface area contributed by atoms with E-state index < -0.39 is 0 Å². The van der Waals surface area contributed by atoms with Gasteiger partial charge in [0.25, 0.3) is 0 Å². The first-order chi connectivity index (χ1) is 9.78. The number of rotatable bonds is 4. The van der Waals surface area contributed by atoms with Crippen molar-refractivity contribution in [2.75, 3.05) is 26.8 Å².